The van der Waals surface area contributed by atoms with Gasteiger partial charge in [0.05, 0.1) is 28.7 Å². The third-order valence-corrected chi connectivity index (χ3v) is 2.73. The van der Waals surface area contributed by atoms with Crippen LogP contribution in [0, 0.1) is 10.1 Å². The lowest BCUT2D eigenvalue weighted by atomic mass is 10.6. The van der Waals surface area contributed by atoms with Crippen molar-refractivity contribution >= 4 is 39.3 Å². The predicted molar refractivity (Wildman–Crippen MR) is 64.4 cm³/mol. The molecule has 0 saturated heterocycles. The van der Waals surface area contributed by atoms with Crippen LogP contribution in [0.15, 0.2) is 23.1 Å². The van der Waals surface area contributed by atoms with E-state index in [4.69, 9.17) is 11.6 Å². The molecule has 0 atom stereocenters. The molecule has 0 amide bonds. The van der Waals surface area contributed by atoms with Gasteiger partial charge in [-0.2, -0.15) is 9.78 Å². The topological polar surface area (TPSA) is 95.9 Å². The fourth-order valence-corrected chi connectivity index (χ4v) is 1.84. The Morgan fingerprint density at radius 3 is 2.78 bits per heavy atom. The molecule has 2 aromatic rings. The number of hydrogen-bond acceptors (Lipinski definition) is 5. The average Bonchev–Trinajstić information content (AvgIpc) is 2.85. The SMILES string of the molecule is O=C(Cn1cc(Br)c([N+](=O)[O-])n1)n1cc(Cl)cn1. The van der Waals surface area contributed by atoms with Gasteiger partial charge in [0.1, 0.15) is 11.0 Å². The summed E-state index contributed by atoms with van der Waals surface area (Å²) >= 11 is 8.61. The number of aromatic nitrogens is 4. The fraction of sp³-hybridized carbons (Fsp3) is 0.125. The van der Waals surface area contributed by atoms with Crippen LogP contribution in [0.1, 0.15) is 4.79 Å². The van der Waals surface area contributed by atoms with Gasteiger partial charge in [0.2, 0.25) is 0 Å². The van der Waals surface area contributed by atoms with Gasteiger partial charge in [0.15, 0.2) is 0 Å². The number of rotatable bonds is 3. The largest absolute Gasteiger partial charge is 0.404 e. The maximum atomic E-state index is 11.7. The number of nitrogens with zero attached hydrogens (tertiary/aromatic N) is 5. The molecule has 94 valence electrons. The molecule has 10 heteroatoms. The Labute approximate surface area is 113 Å². The Kier molecular flexibility index (Phi) is 3.43. The summed E-state index contributed by atoms with van der Waals surface area (Å²) in [6.07, 6.45) is 4.01. The zero-order valence-corrected chi connectivity index (χ0v) is 11.0. The second kappa shape index (κ2) is 4.86. The van der Waals surface area contributed by atoms with Crippen molar-refractivity contribution in [1.29, 1.82) is 0 Å². The molecule has 0 bridgehead atoms. The van der Waals surface area contributed by atoms with E-state index in [2.05, 4.69) is 26.1 Å². The highest BCUT2D eigenvalue weighted by molar-refractivity contribution is 9.10. The van der Waals surface area contributed by atoms with E-state index in [0.29, 0.717) is 5.02 Å². The van der Waals surface area contributed by atoms with Crippen LogP contribution in [0.5, 0.6) is 0 Å². The molecular weight excluding hydrogens is 329 g/mol. The van der Waals surface area contributed by atoms with Crippen molar-refractivity contribution in [3.05, 3.63) is 38.2 Å². The van der Waals surface area contributed by atoms with Crippen LogP contribution in [0.25, 0.3) is 0 Å². The summed E-state index contributed by atoms with van der Waals surface area (Å²) in [6.45, 7) is -0.176. The van der Waals surface area contributed by atoms with Gasteiger partial charge in [-0.15, -0.1) is 0 Å². The first-order chi connectivity index (χ1) is 8.47. The smallest absolute Gasteiger partial charge is 0.358 e. The third kappa shape index (κ3) is 2.57. The highest BCUT2D eigenvalue weighted by Gasteiger charge is 2.20. The van der Waals surface area contributed by atoms with Crippen LogP contribution < -0.4 is 0 Å². The van der Waals surface area contributed by atoms with Gasteiger partial charge in [0.25, 0.3) is 5.91 Å². The monoisotopic (exact) mass is 333 g/mol. The highest BCUT2D eigenvalue weighted by Crippen LogP contribution is 2.21. The first-order valence-electron chi connectivity index (χ1n) is 4.58. The lowest BCUT2D eigenvalue weighted by Crippen LogP contribution is -2.18. The summed E-state index contributed by atoms with van der Waals surface area (Å²) in [6, 6.07) is 0. The lowest BCUT2D eigenvalue weighted by molar-refractivity contribution is -0.390. The number of halogens is 2. The molecule has 0 unspecified atom stereocenters. The van der Waals surface area contributed by atoms with Crippen LogP contribution in [-0.2, 0) is 6.54 Å². The molecule has 0 fully saturated rings. The molecular formula is C8H5BrClN5O3. The molecule has 2 rings (SSSR count). The molecule has 2 heterocycles. The van der Waals surface area contributed by atoms with E-state index < -0.39 is 10.8 Å². The van der Waals surface area contributed by atoms with Crippen molar-refractivity contribution in [3.8, 4) is 0 Å². The Hall–Kier alpha value is -1.74. The minimum Gasteiger partial charge on any atom is -0.358 e. The van der Waals surface area contributed by atoms with E-state index in [-0.39, 0.29) is 16.8 Å². The van der Waals surface area contributed by atoms with E-state index in [9.17, 15) is 14.9 Å². The third-order valence-electron chi connectivity index (χ3n) is 1.98. The minimum absolute atomic E-state index is 0.176. The molecule has 0 aromatic carbocycles. The number of carbonyl (C=O) groups excluding carboxylic acids is 1. The molecule has 0 aliphatic rings. The van der Waals surface area contributed by atoms with Gasteiger partial charge in [0, 0.05) is 0 Å². The maximum absolute atomic E-state index is 11.7. The molecule has 0 saturated carbocycles. The normalized spacial score (nSPS) is 10.6. The fourth-order valence-electron chi connectivity index (χ4n) is 1.24. The maximum Gasteiger partial charge on any atom is 0.404 e. The molecule has 0 aliphatic carbocycles. The second-order valence-electron chi connectivity index (χ2n) is 3.25. The summed E-state index contributed by atoms with van der Waals surface area (Å²) < 4.78 is 2.41. The average molecular weight is 335 g/mol. The zero-order valence-electron chi connectivity index (χ0n) is 8.66. The van der Waals surface area contributed by atoms with E-state index in [0.717, 1.165) is 9.36 Å². The van der Waals surface area contributed by atoms with Crippen molar-refractivity contribution in [2.24, 2.45) is 0 Å². The van der Waals surface area contributed by atoms with E-state index >= 15 is 0 Å². The zero-order chi connectivity index (χ0) is 13.3. The quantitative estimate of drug-likeness (QED) is 0.629. The molecule has 0 spiro atoms. The van der Waals surface area contributed by atoms with Gasteiger partial charge in [-0.05, 0) is 20.9 Å². The standard InChI is InChI=1S/C8H5BrClN5O3/c9-6-3-13(12-8(6)15(17)18)4-7(16)14-2-5(10)1-11-14/h1-3H,4H2. The Morgan fingerprint density at radius 2 is 2.28 bits per heavy atom. The van der Waals surface area contributed by atoms with Crippen LogP contribution in [0.3, 0.4) is 0 Å². The number of nitro groups is 1. The van der Waals surface area contributed by atoms with Crippen molar-refractivity contribution in [2.75, 3.05) is 0 Å². The predicted octanol–water partition coefficient (Wildman–Crippen LogP) is 1.74. The van der Waals surface area contributed by atoms with Crippen LogP contribution >= 0.6 is 27.5 Å². The molecule has 8 nitrogen and oxygen atoms in total. The lowest BCUT2D eigenvalue weighted by Gasteiger charge is -1.96. The van der Waals surface area contributed by atoms with Crippen LogP contribution in [0.2, 0.25) is 5.02 Å². The number of hydrogen-bond donors (Lipinski definition) is 0. The van der Waals surface area contributed by atoms with Crippen LogP contribution in [0.4, 0.5) is 5.82 Å². The van der Waals surface area contributed by atoms with Gasteiger partial charge in [-0.25, -0.2) is 4.68 Å². The van der Waals surface area contributed by atoms with E-state index in [1.165, 1.54) is 18.6 Å². The first-order valence-corrected chi connectivity index (χ1v) is 5.75. The Morgan fingerprint density at radius 1 is 1.56 bits per heavy atom. The van der Waals surface area contributed by atoms with Crippen molar-refractivity contribution in [2.45, 2.75) is 6.54 Å². The summed E-state index contributed by atoms with van der Waals surface area (Å²) in [4.78, 5) is 21.6. The second-order valence-corrected chi connectivity index (χ2v) is 4.54. The number of carbonyl (C=O) groups is 1. The summed E-state index contributed by atoms with van der Waals surface area (Å²) in [5, 5.41) is 18.3. The summed E-state index contributed by atoms with van der Waals surface area (Å²) in [5.74, 6) is -0.756. The van der Waals surface area contributed by atoms with Crippen molar-refractivity contribution in [1.82, 2.24) is 19.6 Å². The van der Waals surface area contributed by atoms with Crippen LogP contribution in [-0.4, -0.2) is 30.4 Å². The first kappa shape index (κ1) is 12.7. The molecule has 0 aliphatic heterocycles. The van der Waals surface area contributed by atoms with Gasteiger partial charge in [-0.3, -0.25) is 4.79 Å². The summed E-state index contributed by atoms with van der Waals surface area (Å²) in [5.41, 5.74) is 0. The molecule has 2 aromatic heterocycles. The Bertz CT molecular complexity index is 622. The van der Waals surface area contributed by atoms with E-state index in [1.54, 1.807) is 0 Å². The van der Waals surface area contributed by atoms with Crippen molar-refractivity contribution in [3.63, 3.8) is 0 Å². The molecule has 0 N–H and O–H groups in total. The summed E-state index contributed by atoms with van der Waals surface area (Å²) in [7, 11) is 0. The Balaban J connectivity index is 2.17. The van der Waals surface area contributed by atoms with Gasteiger partial charge >= 0.3 is 5.82 Å². The van der Waals surface area contributed by atoms with Gasteiger partial charge < -0.3 is 10.1 Å². The molecule has 18 heavy (non-hydrogen) atoms. The molecule has 0 radical (unpaired) electrons. The highest BCUT2D eigenvalue weighted by atomic mass is 79.9. The van der Waals surface area contributed by atoms with E-state index in [1.807, 2.05) is 0 Å². The van der Waals surface area contributed by atoms with Gasteiger partial charge in [-0.1, -0.05) is 11.6 Å². The minimum atomic E-state index is -0.643. The van der Waals surface area contributed by atoms with Crippen molar-refractivity contribution < 1.29 is 9.72 Å².